The fourth-order valence-corrected chi connectivity index (χ4v) is 2.88. The minimum Gasteiger partial charge on any atom is -0.481 e. The molecule has 0 bridgehead atoms. The van der Waals surface area contributed by atoms with Crippen molar-refractivity contribution in [1.29, 1.82) is 0 Å². The molecule has 1 aromatic rings. The van der Waals surface area contributed by atoms with Crippen LogP contribution in [-0.2, 0) is 4.79 Å². The number of aliphatic carboxylic acids is 1. The Morgan fingerprint density at radius 1 is 1.25 bits per heavy atom. The second-order valence-corrected chi connectivity index (χ2v) is 5.53. The van der Waals surface area contributed by atoms with E-state index < -0.39 is 11.9 Å². The van der Waals surface area contributed by atoms with Crippen molar-refractivity contribution in [3.63, 3.8) is 0 Å². The largest absolute Gasteiger partial charge is 0.481 e. The van der Waals surface area contributed by atoms with Gasteiger partial charge in [0.15, 0.2) is 5.76 Å². The van der Waals surface area contributed by atoms with Crippen molar-refractivity contribution in [1.82, 2.24) is 5.32 Å². The maximum Gasteiger partial charge on any atom is 0.308 e. The molecular weight excluding hydrogens is 258 g/mol. The van der Waals surface area contributed by atoms with Crippen LogP contribution in [0.2, 0.25) is 0 Å². The molecule has 1 heterocycles. The van der Waals surface area contributed by atoms with Crippen LogP contribution < -0.4 is 5.32 Å². The van der Waals surface area contributed by atoms with Crippen molar-refractivity contribution in [3.05, 3.63) is 23.2 Å². The van der Waals surface area contributed by atoms with Crippen LogP contribution in [-0.4, -0.2) is 23.0 Å². The van der Waals surface area contributed by atoms with Crippen molar-refractivity contribution < 1.29 is 19.1 Å². The Bertz CT molecular complexity index is 506. The molecule has 0 unspecified atom stereocenters. The summed E-state index contributed by atoms with van der Waals surface area (Å²) < 4.78 is 5.39. The number of carboxylic acid groups (broad SMARTS) is 1. The summed E-state index contributed by atoms with van der Waals surface area (Å²) in [4.78, 5) is 23.6. The summed E-state index contributed by atoms with van der Waals surface area (Å²) in [5.41, 5.74) is 0.778. The van der Waals surface area contributed by atoms with Gasteiger partial charge in [0, 0.05) is 11.6 Å². The van der Waals surface area contributed by atoms with Crippen LogP contribution in [0.3, 0.4) is 0 Å². The average Bonchev–Trinajstić information content (AvgIpc) is 2.60. The fraction of sp³-hybridized carbons (Fsp3) is 0.600. The second-order valence-electron chi connectivity index (χ2n) is 5.53. The van der Waals surface area contributed by atoms with Crippen LogP contribution in [0.15, 0.2) is 10.5 Å². The summed E-state index contributed by atoms with van der Waals surface area (Å²) in [5.74, 6) is -0.671. The maximum atomic E-state index is 12.2. The molecule has 2 atom stereocenters. The molecule has 5 heteroatoms. The number of aryl methyl sites for hydroxylation is 2. The predicted molar refractivity (Wildman–Crippen MR) is 73.6 cm³/mol. The highest BCUT2D eigenvalue weighted by Crippen LogP contribution is 2.24. The van der Waals surface area contributed by atoms with Gasteiger partial charge in [-0.1, -0.05) is 19.3 Å². The zero-order valence-corrected chi connectivity index (χ0v) is 11.9. The molecule has 0 aromatic carbocycles. The lowest BCUT2D eigenvalue weighted by Gasteiger charge is -2.22. The molecule has 1 saturated carbocycles. The van der Waals surface area contributed by atoms with E-state index in [1.54, 1.807) is 13.0 Å². The number of rotatable bonds is 3. The number of carboxylic acids is 1. The Balaban J connectivity index is 2.11. The lowest BCUT2D eigenvalue weighted by atomic mass is 9.94. The summed E-state index contributed by atoms with van der Waals surface area (Å²) in [6.45, 7) is 3.60. The molecule has 1 fully saturated rings. The van der Waals surface area contributed by atoms with E-state index in [1.165, 1.54) is 0 Å². The highest BCUT2D eigenvalue weighted by Gasteiger charge is 2.31. The zero-order valence-electron chi connectivity index (χ0n) is 11.9. The van der Waals surface area contributed by atoms with Gasteiger partial charge < -0.3 is 14.8 Å². The molecule has 2 N–H and O–H groups in total. The number of hydrogen-bond donors (Lipinski definition) is 2. The van der Waals surface area contributed by atoms with E-state index in [0.717, 1.165) is 24.8 Å². The maximum absolute atomic E-state index is 12.2. The van der Waals surface area contributed by atoms with E-state index in [-0.39, 0.29) is 17.7 Å². The van der Waals surface area contributed by atoms with Crippen LogP contribution >= 0.6 is 0 Å². The van der Waals surface area contributed by atoms with Gasteiger partial charge in [0.25, 0.3) is 5.91 Å². The molecule has 2 rings (SSSR count). The Hall–Kier alpha value is -1.78. The lowest BCUT2D eigenvalue weighted by molar-refractivity contribution is -0.142. The Morgan fingerprint density at radius 3 is 2.55 bits per heavy atom. The standard InChI is InChI=1S/C15H21NO4/c1-9-8-10(2)20-13(9)14(17)16-12-7-5-3-4-6-11(12)15(18)19/h8,11-12H,3-7H2,1-2H3,(H,16,17)(H,18,19)/t11-,12+/m1/s1. The summed E-state index contributed by atoms with van der Waals surface area (Å²) in [6, 6.07) is 1.49. The second kappa shape index (κ2) is 6.11. The van der Waals surface area contributed by atoms with E-state index in [2.05, 4.69) is 5.32 Å². The number of amides is 1. The van der Waals surface area contributed by atoms with Gasteiger partial charge in [-0.25, -0.2) is 0 Å². The van der Waals surface area contributed by atoms with Crippen LogP contribution in [0.4, 0.5) is 0 Å². The summed E-state index contributed by atoms with van der Waals surface area (Å²) in [5, 5.41) is 12.1. The molecule has 1 aliphatic rings. The minimum absolute atomic E-state index is 0.288. The summed E-state index contributed by atoms with van der Waals surface area (Å²) in [7, 11) is 0. The van der Waals surface area contributed by atoms with E-state index >= 15 is 0 Å². The molecule has 0 aliphatic heterocycles. The molecular formula is C15H21NO4. The van der Waals surface area contributed by atoms with E-state index in [0.29, 0.717) is 18.6 Å². The first-order valence-corrected chi connectivity index (χ1v) is 7.09. The Morgan fingerprint density at radius 2 is 1.95 bits per heavy atom. The van der Waals surface area contributed by atoms with E-state index in [4.69, 9.17) is 4.42 Å². The smallest absolute Gasteiger partial charge is 0.308 e. The topological polar surface area (TPSA) is 79.5 Å². The molecule has 20 heavy (non-hydrogen) atoms. The van der Waals surface area contributed by atoms with Crippen molar-refractivity contribution in [2.45, 2.75) is 52.0 Å². The Kier molecular flexibility index (Phi) is 4.47. The summed E-state index contributed by atoms with van der Waals surface area (Å²) >= 11 is 0. The molecule has 1 aliphatic carbocycles. The van der Waals surface area contributed by atoms with Gasteiger partial charge in [-0.05, 0) is 32.8 Å². The van der Waals surface area contributed by atoms with Gasteiger partial charge in [-0.3, -0.25) is 9.59 Å². The first-order valence-electron chi connectivity index (χ1n) is 7.09. The SMILES string of the molecule is Cc1cc(C)c(C(=O)N[C@H]2CCCCC[C@H]2C(=O)O)o1. The van der Waals surface area contributed by atoms with Gasteiger partial charge in [-0.15, -0.1) is 0 Å². The van der Waals surface area contributed by atoms with Gasteiger partial charge in [0.1, 0.15) is 5.76 Å². The van der Waals surface area contributed by atoms with Gasteiger partial charge in [0.2, 0.25) is 0 Å². The number of nitrogens with one attached hydrogen (secondary N) is 1. The normalized spacial score (nSPS) is 23.1. The number of carbonyl (C=O) groups excluding carboxylic acids is 1. The van der Waals surface area contributed by atoms with Gasteiger partial charge >= 0.3 is 5.97 Å². The lowest BCUT2D eigenvalue weighted by Crippen LogP contribution is -2.42. The third-order valence-corrected chi connectivity index (χ3v) is 3.90. The van der Waals surface area contributed by atoms with Gasteiger partial charge in [0.05, 0.1) is 5.92 Å². The summed E-state index contributed by atoms with van der Waals surface area (Å²) in [6.07, 6.45) is 4.21. The van der Waals surface area contributed by atoms with Crippen molar-refractivity contribution in [2.24, 2.45) is 5.92 Å². The third kappa shape index (κ3) is 3.21. The van der Waals surface area contributed by atoms with Crippen LogP contribution in [0.25, 0.3) is 0 Å². The molecule has 110 valence electrons. The number of hydrogen-bond acceptors (Lipinski definition) is 3. The highest BCUT2D eigenvalue weighted by molar-refractivity contribution is 5.93. The fourth-order valence-electron chi connectivity index (χ4n) is 2.88. The van der Waals surface area contributed by atoms with Crippen molar-refractivity contribution >= 4 is 11.9 Å². The molecule has 1 aromatic heterocycles. The Labute approximate surface area is 118 Å². The molecule has 0 saturated heterocycles. The monoisotopic (exact) mass is 279 g/mol. The molecule has 0 radical (unpaired) electrons. The molecule has 0 spiro atoms. The third-order valence-electron chi connectivity index (χ3n) is 3.90. The average molecular weight is 279 g/mol. The number of furan rings is 1. The highest BCUT2D eigenvalue weighted by atomic mass is 16.4. The van der Waals surface area contributed by atoms with E-state index in [1.807, 2.05) is 6.92 Å². The first kappa shape index (κ1) is 14.6. The van der Waals surface area contributed by atoms with Crippen LogP contribution in [0.1, 0.15) is 54.0 Å². The van der Waals surface area contributed by atoms with Crippen molar-refractivity contribution in [3.8, 4) is 0 Å². The van der Waals surface area contributed by atoms with Crippen LogP contribution in [0.5, 0.6) is 0 Å². The van der Waals surface area contributed by atoms with Crippen LogP contribution in [0, 0.1) is 19.8 Å². The van der Waals surface area contributed by atoms with Crippen molar-refractivity contribution in [2.75, 3.05) is 0 Å². The minimum atomic E-state index is -0.829. The predicted octanol–water partition coefficient (Wildman–Crippen LogP) is 2.66. The quantitative estimate of drug-likeness (QED) is 0.834. The molecule has 1 amide bonds. The first-order chi connectivity index (χ1) is 9.49. The zero-order chi connectivity index (χ0) is 14.7. The van der Waals surface area contributed by atoms with E-state index in [9.17, 15) is 14.7 Å². The van der Waals surface area contributed by atoms with Gasteiger partial charge in [-0.2, -0.15) is 0 Å². The number of carbonyl (C=O) groups is 2. The molecule has 5 nitrogen and oxygen atoms in total.